The minimum Gasteiger partial charge on any atom is -0.356 e. The van der Waals surface area contributed by atoms with Crippen LogP contribution in [0, 0.1) is 12.8 Å². The van der Waals surface area contributed by atoms with Crippen LogP contribution in [-0.2, 0) is 6.42 Å². The Morgan fingerprint density at radius 3 is 2.25 bits per heavy atom. The van der Waals surface area contributed by atoms with Gasteiger partial charge in [0.2, 0.25) is 5.95 Å². The van der Waals surface area contributed by atoms with Gasteiger partial charge in [-0.25, -0.2) is 4.98 Å². The van der Waals surface area contributed by atoms with Gasteiger partial charge in [-0.3, -0.25) is 0 Å². The van der Waals surface area contributed by atoms with E-state index >= 15 is 0 Å². The molecule has 0 amide bonds. The summed E-state index contributed by atoms with van der Waals surface area (Å²) in [5, 5.41) is 0. The quantitative estimate of drug-likeness (QED) is 0.630. The predicted molar refractivity (Wildman–Crippen MR) is 116 cm³/mol. The monoisotopic (exact) mass is 372 g/mol. The van der Waals surface area contributed by atoms with Gasteiger partial charge in [-0.1, -0.05) is 48.5 Å². The minimum atomic E-state index is 0.757. The van der Waals surface area contributed by atoms with Crippen LogP contribution >= 0.6 is 0 Å². The standard InChI is InChI=1S/C24H28N4/c1-19-17-23(26-24(25-19)27(2)22-11-7-4-8-12-22)28-15-13-21(14-16-28)18-20-9-5-3-6-10-20/h3-12,17,21H,13-16,18H2,1-2H3. The highest BCUT2D eigenvalue weighted by atomic mass is 15.3. The van der Waals surface area contributed by atoms with Crippen molar-refractivity contribution in [2.75, 3.05) is 29.9 Å². The maximum absolute atomic E-state index is 4.88. The second kappa shape index (κ2) is 8.42. The number of aromatic nitrogens is 2. The van der Waals surface area contributed by atoms with Crippen molar-refractivity contribution in [1.82, 2.24) is 9.97 Å². The first-order valence-corrected chi connectivity index (χ1v) is 10.1. The number of para-hydroxylation sites is 1. The van der Waals surface area contributed by atoms with Crippen molar-refractivity contribution in [3.05, 3.63) is 78.0 Å². The summed E-state index contributed by atoms with van der Waals surface area (Å²) in [6.45, 7) is 4.17. The van der Waals surface area contributed by atoms with Gasteiger partial charge >= 0.3 is 0 Å². The number of aryl methyl sites for hydroxylation is 1. The highest BCUT2D eigenvalue weighted by molar-refractivity contribution is 5.58. The van der Waals surface area contributed by atoms with Crippen LogP contribution in [0.25, 0.3) is 0 Å². The second-order valence-electron chi connectivity index (χ2n) is 7.68. The van der Waals surface area contributed by atoms with Crippen LogP contribution in [0.5, 0.6) is 0 Å². The molecule has 1 aliphatic heterocycles. The summed E-state index contributed by atoms with van der Waals surface area (Å²) in [5.74, 6) is 2.56. The molecule has 0 bridgehead atoms. The Morgan fingerprint density at radius 1 is 0.929 bits per heavy atom. The zero-order chi connectivity index (χ0) is 19.3. The maximum atomic E-state index is 4.88. The minimum absolute atomic E-state index is 0.757. The lowest BCUT2D eigenvalue weighted by molar-refractivity contribution is 0.402. The Balaban J connectivity index is 1.44. The van der Waals surface area contributed by atoms with E-state index in [1.54, 1.807) is 0 Å². The van der Waals surface area contributed by atoms with Crippen LogP contribution in [0.2, 0.25) is 0 Å². The molecule has 0 atom stereocenters. The molecule has 144 valence electrons. The maximum Gasteiger partial charge on any atom is 0.231 e. The zero-order valence-electron chi connectivity index (χ0n) is 16.8. The predicted octanol–water partition coefficient (Wildman–Crippen LogP) is 5.01. The van der Waals surface area contributed by atoms with Gasteiger partial charge in [0.25, 0.3) is 0 Å². The highest BCUT2D eigenvalue weighted by Crippen LogP contribution is 2.27. The number of hydrogen-bond donors (Lipinski definition) is 0. The van der Waals surface area contributed by atoms with Crippen molar-refractivity contribution >= 4 is 17.5 Å². The lowest BCUT2D eigenvalue weighted by Crippen LogP contribution is -2.35. The Hall–Kier alpha value is -2.88. The number of hydrogen-bond acceptors (Lipinski definition) is 4. The fourth-order valence-corrected chi connectivity index (χ4v) is 3.93. The second-order valence-corrected chi connectivity index (χ2v) is 7.68. The van der Waals surface area contributed by atoms with Gasteiger partial charge in [0.1, 0.15) is 5.82 Å². The lowest BCUT2D eigenvalue weighted by Gasteiger charge is -2.33. The molecule has 2 aromatic carbocycles. The molecule has 0 spiro atoms. The summed E-state index contributed by atoms with van der Waals surface area (Å²) < 4.78 is 0. The molecule has 1 saturated heterocycles. The number of rotatable bonds is 5. The topological polar surface area (TPSA) is 32.3 Å². The third-order valence-corrected chi connectivity index (χ3v) is 5.58. The third kappa shape index (κ3) is 4.33. The summed E-state index contributed by atoms with van der Waals surface area (Å²) in [6.07, 6.45) is 3.60. The first-order valence-electron chi connectivity index (χ1n) is 10.1. The number of piperidine rings is 1. The normalized spacial score (nSPS) is 14.9. The van der Waals surface area contributed by atoms with Crippen LogP contribution in [0.3, 0.4) is 0 Å². The van der Waals surface area contributed by atoms with E-state index in [1.165, 1.54) is 24.8 Å². The molecule has 4 rings (SSSR count). The Kier molecular flexibility index (Phi) is 5.56. The third-order valence-electron chi connectivity index (χ3n) is 5.58. The van der Waals surface area contributed by atoms with Gasteiger partial charge in [-0.2, -0.15) is 4.98 Å². The molecular weight excluding hydrogens is 344 g/mol. The average Bonchev–Trinajstić information content (AvgIpc) is 2.75. The van der Waals surface area contributed by atoms with Crippen molar-refractivity contribution in [1.29, 1.82) is 0 Å². The number of nitrogens with zero attached hydrogens (tertiary/aromatic N) is 4. The molecule has 1 aromatic heterocycles. The molecule has 2 heterocycles. The summed E-state index contributed by atoms with van der Waals surface area (Å²) in [6, 6.07) is 23.2. The smallest absolute Gasteiger partial charge is 0.231 e. The molecule has 0 aliphatic carbocycles. The van der Waals surface area contributed by atoms with Crippen LogP contribution in [0.15, 0.2) is 66.7 Å². The average molecular weight is 373 g/mol. The van der Waals surface area contributed by atoms with E-state index in [4.69, 9.17) is 4.98 Å². The van der Waals surface area contributed by atoms with Crippen molar-refractivity contribution < 1.29 is 0 Å². The molecule has 1 aliphatic rings. The summed E-state index contributed by atoms with van der Waals surface area (Å²) >= 11 is 0. The molecule has 0 saturated carbocycles. The molecule has 0 unspecified atom stereocenters. The van der Waals surface area contributed by atoms with Gasteiger partial charge in [-0.05, 0) is 49.8 Å². The van der Waals surface area contributed by atoms with E-state index in [0.717, 1.165) is 42.2 Å². The first kappa shape index (κ1) is 18.5. The van der Waals surface area contributed by atoms with Crippen molar-refractivity contribution in [2.24, 2.45) is 5.92 Å². The largest absolute Gasteiger partial charge is 0.356 e. The summed E-state index contributed by atoms with van der Waals surface area (Å²) in [4.78, 5) is 14.0. The van der Waals surface area contributed by atoms with Crippen molar-refractivity contribution in [3.63, 3.8) is 0 Å². The lowest BCUT2D eigenvalue weighted by atomic mass is 9.90. The van der Waals surface area contributed by atoms with Crippen LogP contribution in [-0.4, -0.2) is 30.1 Å². The molecule has 0 N–H and O–H groups in total. The van der Waals surface area contributed by atoms with Gasteiger partial charge in [0.15, 0.2) is 0 Å². The zero-order valence-corrected chi connectivity index (χ0v) is 16.8. The van der Waals surface area contributed by atoms with Crippen molar-refractivity contribution in [3.8, 4) is 0 Å². The van der Waals surface area contributed by atoms with Gasteiger partial charge in [-0.15, -0.1) is 0 Å². The summed E-state index contributed by atoms with van der Waals surface area (Å²) in [5.41, 5.74) is 3.56. The SMILES string of the molecule is Cc1cc(N2CCC(Cc3ccccc3)CC2)nc(N(C)c2ccccc2)n1. The number of benzene rings is 2. The van der Waals surface area contributed by atoms with Crippen LogP contribution in [0.1, 0.15) is 24.1 Å². The first-order chi connectivity index (χ1) is 13.7. The van der Waals surface area contributed by atoms with E-state index < -0.39 is 0 Å². The number of anilines is 3. The van der Waals surface area contributed by atoms with Gasteiger partial charge < -0.3 is 9.80 Å². The Morgan fingerprint density at radius 2 is 1.57 bits per heavy atom. The summed E-state index contributed by atoms with van der Waals surface area (Å²) in [7, 11) is 2.03. The molecule has 28 heavy (non-hydrogen) atoms. The van der Waals surface area contributed by atoms with E-state index in [0.29, 0.717) is 0 Å². The van der Waals surface area contributed by atoms with Gasteiger partial charge in [0, 0.05) is 37.6 Å². The van der Waals surface area contributed by atoms with E-state index in [-0.39, 0.29) is 0 Å². The molecule has 4 nitrogen and oxygen atoms in total. The van der Waals surface area contributed by atoms with E-state index in [1.807, 2.05) is 25.2 Å². The van der Waals surface area contributed by atoms with E-state index in [9.17, 15) is 0 Å². The molecule has 4 heteroatoms. The molecule has 3 aromatic rings. The van der Waals surface area contributed by atoms with Crippen LogP contribution in [0.4, 0.5) is 17.5 Å². The molecule has 1 fully saturated rings. The fraction of sp³-hybridized carbons (Fsp3) is 0.333. The molecular formula is C24H28N4. The van der Waals surface area contributed by atoms with Gasteiger partial charge in [0.05, 0.1) is 0 Å². The highest BCUT2D eigenvalue weighted by Gasteiger charge is 2.21. The molecule has 0 radical (unpaired) electrons. The van der Waals surface area contributed by atoms with E-state index in [2.05, 4.69) is 70.2 Å². The Bertz CT molecular complexity index is 887. The van der Waals surface area contributed by atoms with Crippen LogP contribution < -0.4 is 9.80 Å². The van der Waals surface area contributed by atoms with Crippen molar-refractivity contribution in [2.45, 2.75) is 26.2 Å². The fourth-order valence-electron chi connectivity index (χ4n) is 3.93. The Labute approximate surface area is 167 Å².